The fraction of sp³-hybridized carbons (Fsp3) is 0.585. The van der Waals surface area contributed by atoms with Crippen LogP contribution in [0.1, 0.15) is 70.9 Å². The molecule has 3 aliphatic rings. The molecule has 0 aliphatic carbocycles. The van der Waals surface area contributed by atoms with Crippen LogP contribution in [0.5, 0.6) is 0 Å². The number of carbonyl (C=O) groups is 5. The number of aryl methyl sites for hydroxylation is 1. The van der Waals surface area contributed by atoms with Crippen molar-refractivity contribution in [3.05, 3.63) is 71.8 Å². The molecule has 0 saturated carbocycles. The minimum atomic E-state index is -0.919. The number of benzene rings is 2. The number of carbonyl (C=O) groups excluding carboxylic acids is 5. The quantitative estimate of drug-likeness (QED) is 0.187. The van der Waals surface area contributed by atoms with E-state index < -0.39 is 41.6 Å². The zero-order valence-electron chi connectivity index (χ0n) is 31.7. The molecule has 3 aliphatic heterocycles. The third-order valence-electron chi connectivity index (χ3n) is 10.5. The Kier molecular flexibility index (Phi) is 14.2. The van der Waals surface area contributed by atoms with Crippen LogP contribution in [0.2, 0.25) is 0 Å². The van der Waals surface area contributed by atoms with E-state index in [9.17, 15) is 24.0 Å². The third kappa shape index (κ3) is 11.4. The number of nitrogens with one attached hydrogen (secondary N) is 3. The highest BCUT2D eigenvalue weighted by Gasteiger charge is 2.51. The van der Waals surface area contributed by atoms with Crippen molar-refractivity contribution in [1.82, 2.24) is 25.8 Å². The summed E-state index contributed by atoms with van der Waals surface area (Å²) in [6, 6.07) is 15.4. The Morgan fingerprint density at radius 1 is 0.906 bits per heavy atom. The summed E-state index contributed by atoms with van der Waals surface area (Å²) < 4.78 is 10.9. The third-order valence-corrected chi connectivity index (χ3v) is 10.5. The number of hydrogen-bond donors (Lipinski definition) is 3. The molecule has 288 valence electrons. The van der Waals surface area contributed by atoms with Crippen molar-refractivity contribution in [1.29, 1.82) is 0 Å². The van der Waals surface area contributed by atoms with Crippen molar-refractivity contribution in [2.24, 2.45) is 5.92 Å². The van der Waals surface area contributed by atoms with Crippen LogP contribution in [0.15, 0.2) is 60.7 Å². The molecule has 4 amide bonds. The van der Waals surface area contributed by atoms with Crippen LogP contribution in [-0.4, -0.2) is 114 Å². The van der Waals surface area contributed by atoms with Crippen LogP contribution in [0.25, 0.3) is 0 Å². The molecular weight excluding hydrogens is 674 g/mol. The lowest BCUT2D eigenvalue weighted by atomic mass is 9.92. The lowest BCUT2D eigenvalue weighted by molar-refractivity contribution is -0.142. The van der Waals surface area contributed by atoms with E-state index in [2.05, 4.69) is 20.9 Å². The first-order valence-electron chi connectivity index (χ1n) is 19.2. The van der Waals surface area contributed by atoms with E-state index in [1.165, 1.54) is 0 Å². The first-order chi connectivity index (χ1) is 25.4. The second-order valence-electron chi connectivity index (χ2n) is 15.4. The van der Waals surface area contributed by atoms with Crippen molar-refractivity contribution in [3.63, 3.8) is 0 Å². The van der Waals surface area contributed by atoms with Crippen LogP contribution in [0.4, 0.5) is 0 Å². The molecule has 4 unspecified atom stereocenters. The number of ether oxygens (including phenoxy) is 2. The molecule has 0 spiro atoms. The predicted octanol–water partition coefficient (Wildman–Crippen LogP) is 2.82. The first-order valence-corrected chi connectivity index (χ1v) is 19.2. The average Bonchev–Trinajstić information content (AvgIpc) is 3.84. The maximum Gasteiger partial charge on any atom is 0.246 e. The van der Waals surface area contributed by atoms with Gasteiger partial charge in [-0.15, -0.1) is 0 Å². The Balaban J connectivity index is 1.28. The van der Waals surface area contributed by atoms with Gasteiger partial charge in [0, 0.05) is 32.0 Å². The SMILES string of the molecule is CC(C)CC(NC(=O)[C@H](Cc1ccccc1)N1C(=O)C(NC(=O)[C@H](CCc2ccccc2)NC(=O)CCCN2CCOCC2)CC1C)C(=O)C1(C)CO1. The zero-order chi connectivity index (χ0) is 38.0. The topological polar surface area (TPSA) is 150 Å². The monoisotopic (exact) mass is 731 g/mol. The van der Waals surface area contributed by atoms with E-state index in [1.54, 1.807) is 11.8 Å². The largest absolute Gasteiger partial charge is 0.379 e. The predicted molar refractivity (Wildman–Crippen MR) is 201 cm³/mol. The fourth-order valence-corrected chi connectivity index (χ4v) is 7.33. The molecule has 3 saturated heterocycles. The second kappa shape index (κ2) is 18.8. The molecule has 12 nitrogen and oxygen atoms in total. The van der Waals surface area contributed by atoms with Gasteiger partial charge >= 0.3 is 0 Å². The maximum atomic E-state index is 14.2. The van der Waals surface area contributed by atoms with E-state index >= 15 is 0 Å². The summed E-state index contributed by atoms with van der Waals surface area (Å²) >= 11 is 0. The normalized spacial score (nSPS) is 23.3. The lowest BCUT2D eigenvalue weighted by Gasteiger charge is -2.33. The van der Waals surface area contributed by atoms with Crippen LogP contribution in [0.3, 0.4) is 0 Å². The Hall–Kier alpha value is -4.13. The van der Waals surface area contributed by atoms with Crippen LogP contribution in [-0.2, 0) is 46.3 Å². The van der Waals surface area contributed by atoms with Crippen molar-refractivity contribution < 1.29 is 33.4 Å². The van der Waals surface area contributed by atoms with Crippen molar-refractivity contribution in [2.45, 2.75) is 108 Å². The van der Waals surface area contributed by atoms with E-state index in [4.69, 9.17) is 9.47 Å². The Morgan fingerprint density at radius 3 is 2.17 bits per heavy atom. The number of Topliss-reactive ketones (excluding diaryl/α,β-unsaturated/α-hetero) is 1. The number of hydrogen-bond acceptors (Lipinski definition) is 8. The molecule has 6 atom stereocenters. The summed E-state index contributed by atoms with van der Waals surface area (Å²) in [5, 5.41) is 8.88. The molecule has 12 heteroatoms. The highest BCUT2D eigenvalue weighted by molar-refractivity contribution is 5.99. The van der Waals surface area contributed by atoms with Crippen LogP contribution in [0, 0.1) is 5.92 Å². The van der Waals surface area contributed by atoms with E-state index in [0.717, 1.165) is 30.8 Å². The Labute approximate surface area is 313 Å². The van der Waals surface area contributed by atoms with Gasteiger partial charge in [-0.2, -0.15) is 0 Å². The summed E-state index contributed by atoms with van der Waals surface area (Å²) in [7, 11) is 0. The molecule has 3 N–H and O–H groups in total. The van der Waals surface area contributed by atoms with Crippen molar-refractivity contribution >= 4 is 29.4 Å². The van der Waals surface area contributed by atoms with Gasteiger partial charge in [0.2, 0.25) is 23.6 Å². The second-order valence-corrected chi connectivity index (χ2v) is 15.4. The Bertz CT molecular complexity index is 1540. The van der Waals surface area contributed by atoms with Gasteiger partial charge in [0.15, 0.2) is 5.78 Å². The van der Waals surface area contributed by atoms with Gasteiger partial charge in [0.05, 0.1) is 25.9 Å². The summed E-state index contributed by atoms with van der Waals surface area (Å²) in [6.45, 7) is 11.7. The number of morpholine rings is 1. The maximum absolute atomic E-state index is 14.2. The minimum Gasteiger partial charge on any atom is -0.379 e. The van der Waals surface area contributed by atoms with Gasteiger partial charge in [-0.1, -0.05) is 74.5 Å². The average molecular weight is 732 g/mol. The minimum absolute atomic E-state index is 0.131. The van der Waals surface area contributed by atoms with Gasteiger partial charge in [0.25, 0.3) is 0 Å². The fourth-order valence-electron chi connectivity index (χ4n) is 7.33. The molecule has 53 heavy (non-hydrogen) atoms. The number of likely N-dealkylation sites (tertiary alicyclic amines) is 1. The molecule has 5 rings (SSSR count). The standard InChI is InChI=1S/C41H57N5O7/c1-28(2)24-33(37(48)41(4)27-53-41)43-39(50)35(26-31-14-9-6-10-15-31)46-29(3)25-34(40(46)51)44-38(49)32(18-17-30-12-7-5-8-13-30)42-36(47)16-11-19-45-20-22-52-23-21-45/h5-10,12-15,28-29,32-35H,11,16-27H2,1-4H3,(H,42,47)(H,43,50)(H,44,49)/t29?,32-,33?,34?,35-,41?/m0/s1. The van der Waals surface area contributed by atoms with Crippen LogP contribution < -0.4 is 16.0 Å². The summed E-state index contributed by atoms with van der Waals surface area (Å²) in [5.74, 6) is -1.48. The van der Waals surface area contributed by atoms with E-state index in [-0.39, 0.29) is 42.4 Å². The molecule has 2 aromatic rings. The van der Waals surface area contributed by atoms with E-state index in [0.29, 0.717) is 51.9 Å². The summed E-state index contributed by atoms with van der Waals surface area (Å²) in [6.07, 6.45) is 2.83. The number of rotatable bonds is 19. The molecule has 0 bridgehead atoms. The molecule has 2 aromatic carbocycles. The highest BCUT2D eigenvalue weighted by atomic mass is 16.6. The van der Waals surface area contributed by atoms with Gasteiger partial charge in [-0.25, -0.2) is 0 Å². The number of amides is 4. The molecule has 3 fully saturated rings. The first kappa shape index (κ1) is 40.1. The van der Waals surface area contributed by atoms with Gasteiger partial charge < -0.3 is 30.3 Å². The molecule has 0 aromatic heterocycles. The number of ketones is 1. The van der Waals surface area contributed by atoms with Crippen LogP contribution >= 0.6 is 0 Å². The van der Waals surface area contributed by atoms with Crippen molar-refractivity contribution in [3.8, 4) is 0 Å². The molecular formula is C41H57N5O7. The van der Waals surface area contributed by atoms with Gasteiger partial charge in [0.1, 0.15) is 23.7 Å². The van der Waals surface area contributed by atoms with Gasteiger partial charge in [-0.05, 0) is 69.5 Å². The summed E-state index contributed by atoms with van der Waals surface area (Å²) in [4.78, 5) is 72.7. The molecule has 3 heterocycles. The molecule has 0 radical (unpaired) electrons. The number of epoxide rings is 1. The lowest BCUT2D eigenvalue weighted by Crippen LogP contribution is -2.57. The zero-order valence-corrected chi connectivity index (χ0v) is 31.7. The van der Waals surface area contributed by atoms with E-state index in [1.807, 2.05) is 81.4 Å². The Morgan fingerprint density at radius 2 is 1.55 bits per heavy atom. The summed E-state index contributed by atoms with van der Waals surface area (Å²) in [5.41, 5.74) is 0.986. The number of nitrogens with zero attached hydrogens (tertiary/aromatic N) is 2. The van der Waals surface area contributed by atoms with Crippen molar-refractivity contribution in [2.75, 3.05) is 39.5 Å². The van der Waals surface area contributed by atoms with Gasteiger partial charge in [-0.3, -0.25) is 28.9 Å². The smallest absolute Gasteiger partial charge is 0.246 e. The highest BCUT2D eigenvalue weighted by Crippen LogP contribution is 2.30.